The van der Waals surface area contributed by atoms with Gasteiger partial charge in [-0.05, 0) is 91.6 Å². The molecule has 0 aliphatic heterocycles. The molecule has 0 amide bonds. The van der Waals surface area contributed by atoms with E-state index in [1.54, 1.807) is 0 Å². The highest BCUT2D eigenvalue weighted by Gasteiger charge is 2.24. The first kappa shape index (κ1) is 32.9. The zero-order valence-corrected chi connectivity index (χ0v) is 32.2. The number of furan rings is 1. The molecule has 0 aliphatic carbocycles. The molecule has 0 fully saturated rings. The first-order valence-corrected chi connectivity index (χ1v) is 20.3. The van der Waals surface area contributed by atoms with Gasteiger partial charge in [0.25, 0.3) is 0 Å². The second kappa shape index (κ2) is 12.7. The fourth-order valence-electron chi connectivity index (χ4n) is 9.41. The molecule has 3 heterocycles. The zero-order chi connectivity index (χ0) is 39.3. The number of fused-ring (bicyclic) bond motifs is 11. The smallest absolute Gasteiger partial charge is 0.164 e. The van der Waals surface area contributed by atoms with Crippen molar-refractivity contribution in [2.75, 3.05) is 0 Å². The van der Waals surface area contributed by atoms with Crippen molar-refractivity contribution in [1.29, 1.82) is 0 Å². The predicted molar refractivity (Wildman–Crippen MR) is 248 cm³/mol. The molecular weight excluding hydrogens is 733 g/mol. The van der Waals surface area contributed by atoms with Crippen LogP contribution in [0.25, 0.3) is 127 Å². The topological polar surface area (TPSA) is 56.7 Å². The molecule has 10 aromatic carbocycles. The number of rotatable bonds is 4. The van der Waals surface area contributed by atoms with Gasteiger partial charge in [-0.3, -0.25) is 0 Å². The molecule has 13 aromatic rings. The molecule has 278 valence electrons. The molecule has 0 N–H and O–H groups in total. The van der Waals surface area contributed by atoms with Crippen LogP contribution in [0.3, 0.4) is 0 Å². The van der Waals surface area contributed by atoms with E-state index < -0.39 is 0 Å². The van der Waals surface area contributed by atoms with E-state index in [0.29, 0.717) is 17.5 Å². The molecular formula is C55H32N4O. The molecule has 0 unspecified atom stereocenters. The van der Waals surface area contributed by atoms with E-state index in [1.807, 2.05) is 12.1 Å². The zero-order valence-electron chi connectivity index (χ0n) is 32.2. The van der Waals surface area contributed by atoms with Gasteiger partial charge in [-0.2, -0.15) is 0 Å². The summed E-state index contributed by atoms with van der Waals surface area (Å²) in [6.07, 6.45) is 0. The summed E-state index contributed by atoms with van der Waals surface area (Å²) in [7, 11) is 0. The van der Waals surface area contributed by atoms with Crippen molar-refractivity contribution in [2.24, 2.45) is 0 Å². The van der Waals surface area contributed by atoms with Crippen LogP contribution in [0, 0.1) is 0 Å². The predicted octanol–water partition coefficient (Wildman–Crippen LogP) is 14.5. The van der Waals surface area contributed by atoms with Gasteiger partial charge in [0.2, 0.25) is 0 Å². The number of benzene rings is 10. The summed E-state index contributed by atoms with van der Waals surface area (Å²) in [5, 5.41) is 13.6. The van der Waals surface area contributed by atoms with Crippen LogP contribution in [-0.2, 0) is 0 Å². The fraction of sp³-hybridized carbons (Fsp3) is 0. The van der Waals surface area contributed by atoms with E-state index in [4.69, 9.17) is 19.4 Å². The minimum atomic E-state index is 0.580. The lowest BCUT2D eigenvalue weighted by Crippen LogP contribution is -2.02. The maximum absolute atomic E-state index is 6.95. The van der Waals surface area contributed by atoms with Gasteiger partial charge in [0, 0.05) is 38.2 Å². The molecule has 0 spiro atoms. The lowest BCUT2D eigenvalue weighted by atomic mass is 9.96. The lowest BCUT2D eigenvalue weighted by molar-refractivity contribution is 0.666. The van der Waals surface area contributed by atoms with Crippen LogP contribution in [0.15, 0.2) is 199 Å². The van der Waals surface area contributed by atoms with Gasteiger partial charge in [-0.15, -0.1) is 0 Å². The van der Waals surface area contributed by atoms with E-state index in [1.165, 1.54) is 26.9 Å². The van der Waals surface area contributed by atoms with Gasteiger partial charge in [0.05, 0.1) is 16.7 Å². The van der Waals surface area contributed by atoms with Gasteiger partial charge in [-0.1, -0.05) is 146 Å². The van der Waals surface area contributed by atoms with Crippen molar-refractivity contribution < 1.29 is 4.42 Å². The summed E-state index contributed by atoms with van der Waals surface area (Å²) in [6, 6.07) is 68.6. The summed E-state index contributed by atoms with van der Waals surface area (Å²) < 4.78 is 9.30. The summed E-state index contributed by atoms with van der Waals surface area (Å²) in [5.74, 6) is 1.80. The summed E-state index contributed by atoms with van der Waals surface area (Å²) in [5.41, 5.74) is 7.52. The molecule has 13 rings (SSSR count). The third-order valence-corrected chi connectivity index (χ3v) is 12.2. The minimum absolute atomic E-state index is 0.580. The minimum Gasteiger partial charge on any atom is -0.454 e. The van der Waals surface area contributed by atoms with E-state index in [0.717, 1.165) is 82.3 Å². The van der Waals surface area contributed by atoms with Gasteiger partial charge in [0.1, 0.15) is 5.58 Å². The molecule has 0 atom stereocenters. The first-order valence-electron chi connectivity index (χ1n) is 20.3. The van der Waals surface area contributed by atoms with Crippen LogP contribution in [0.5, 0.6) is 0 Å². The average Bonchev–Trinajstić information content (AvgIpc) is 3.86. The van der Waals surface area contributed by atoms with Crippen LogP contribution in [-0.4, -0.2) is 19.5 Å². The summed E-state index contributed by atoms with van der Waals surface area (Å²) >= 11 is 0. The Morgan fingerprint density at radius 1 is 0.350 bits per heavy atom. The molecule has 0 saturated carbocycles. The molecule has 0 aliphatic rings. The Morgan fingerprint density at radius 3 is 1.77 bits per heavy atom. The van der Waals surface area contributed by atoms with Gasteiger partial charge < -0.3 is 8.98 Å². The normalized spacial score (nSPS) is 12.0. The number of hydrogen-bond acceptors (Lipinski definition) is 4. The molecule has 5 nitrogen and oxygen atoms in total. The van der Waals surface area contributed by atoms with Gasteiger partial charge in [-0.25, -0.2) is 15.0 Å². The second-order valence-electron chi connectivity index (χ2n) is 15.6. The van der Waals surface area contributed by atoms with Crippen molar-refractivity contribution >= 4 is 86.8 Å². The monoisotopic (exact) mass is 764 g/mol. The molecule has 3 aromatic heterocycles. The lowest BCUT2D eigenvalue weighted by Gasteiger charge is -2.14. The van der Waals surface area contributed by atoms with Crippen LogP contribution < -0.4 is 0 Å². The van der Waals surface area contributed by atoms with Crippen molar-refractivity contribution in [3.8, 4) is 39.9 Å². The van der Waals surface area contributed by atoms with Crippen LogP contribution >= 0.6 is 0 Å². The van der Waals surface area contributed by atoms with Crippen molar-refractivity contribution in [1.82, 2.24) is 19.5 Å². The Labute approximate surface area is 343 Å². The molecule has 0 saturated heterocycles. The third-order valence-electron chi connectivity index (χ3n) is 12.2. The van der Waals surface area contributed by atoms with E-state index >= 15 is 0 Å². The fourth-order valence-corrected chi connectivity index (χ4v) is 9.41. The van der Waals surface area contributed by atoms with Gasteiger partial charge >= 0.3 is 0 Å². The summed E-state index contributed by atoms with van der Waals surface area (Å²) in [6.45, 7) is 0. The highest BCUT2D eigenvalue weighted by molar-refractivity contribution is 6.18. The SMILES string of the molecule is c1ccc2cc(-c3nc(-c4cc5ccccc5c5ccccc45)nc(-c4ccc(-n5c6ccccc6c6cc7ccccc7cc65)c5oc6ccccc6c45)n3)ccc2c1. The maximum atomic E-state index is 6.95. The number of nitrogens with zero attached hydrogens (tertiary/aromatic N) is 4. The van der Waals surface area contributed by atoms with Gasteiger partial charge in [0.15, 0.2) is 23.1 Å². The van der Waals surface area contributed by atoms with E-state index in [2.05, 4.69) is 187 Å². The quantitative estimate of drug-likeness (QED) is 0.167. The molecule has 5 heteroatoms. The largest absolute Gasteiger partial charge is 0.454 e. The number of hydrogen-bond donors (Lipinski definition) is 0. The average molecular weight is 765 g/mol. The Balaban J connectivity index is 1.12. The number of para-hydroxylation sites is 2. The molecule has 60 heavy (non-hydrogen) atoms. The van der Waals surface area contributed by atoms with Crippen LogP contribution in [0.4, 0.5) is 0 Å². The van der Waals surface area contributed by atoms with Crippen molar-refractivity contribution in [3.05, 3.63) is 194 Å². The van der Waals surface area contributed by atoms with Crippen molar-refractivity contribution in [3.63, 3.8) is 0 Å². The third kappa shape index (κ3) is 4.90. The maximum Gasteiger partial charge on any atom is 0.164 e. The van der Waals surface area contributed by atoms with Crippen LogP contribution in [0.1, 0.15) is 0 Å². The Hall–Kier alpha value is -8.15. The highest BCUT2D eigenvalue weighted by Crippen LogP contribution is 2.43. The second-order valence-corrected chi connectivity index (χ2v) is 15.6. The standard InChI is InChI=1S/C55H32N4O/c1-2-14-34-29-38(26-25-33(34)13-1)53-56-54(58-55(57-53)46-31-37-17-5-6-18-39(37)40-19-7-8-20-41(40)46)44-27-28-48(52-51(44)43-22-10-12-24-50(43)60-52)59-47-23-11-9-21-42(47)45-30-35-15-3-4-16-36(35)32-49(45)59/h1-32H. The van der Waals surface area contributed by atoms with E-state index in [9.17, 15) is 0 Å². The highest BCUT2D eigenvalue weighted by atomic mass is 16.3. The Bertz CT molecular complexity index is 3910. The molecule has 0 radical (unpaired) electrons. The first-order chi connectivity index (χ1) is 29.7. The Morgan fingerprint density at radius 2 is 0.950 bits per heavy atom. The number of aromatic nitrogens is 4. The Kier molecular flexibility index (Phi) is 6.95. The van der Waals surface area contributed by atoms with Crippen LogP contribution in [0.2, 0.25) is 0 Å². The van der Waals surface area contributed by atoms with E-state index in [-0.39, 0.29) is 0 Å². The van der Waals surface area contributed by atoms with Crippen molar-refractivity contribution in [2.45, 2.75) is 0 Å². The summed E-state index contributed by atoms with van der Waals surface area (Å²) in [4.78, 5) is 16.0. The molecule has 0 bridgehead atoms.